The highest BCUT2D eigenvalue weighted by Gasteiger charge is 2.29. The highest BCUT2D eigenvalue weighted by atomic mass is 16.5. The molecule has 0 radical (unpaired) electrons. The zero-order valence-corrected chi connectivity index (χ0v) is 15.1. The number of anilines is 1. The summed E-state index contributed by atoms with van der Waals surface area (Å²) in [5.74, 6) is -0.781. The van der Waals surface area contributed by atoms with Gasteiger partial charge in [0.2, 0.25) is 6.10 Å². The van der Waals surface area contributed by atoms with Crippen molar-refractivity contribution in [2.45, 2.75) is 19.6 Å². The average Bonchev–Trinajstić information content (AvgIpc) is 2.72. The third-order valence-corrected chi connectivity index (χ3v) is 4.13. The second-order valence-corrected chi connectivity index (χ2v) is 6.15. The van der Waals surface area contributed by atoms with E-state index in [1.807, 2.05) is 78.9 Å². The van der Waals surface area contributed by atoms with E-state index in [-0.39, 0.29) is 5.91 Å². The van der Waals surface area contributed by atoms with Gasteiger partial charge in [0.15, 0.2) is 0 Å². The second kappa shape index (κ2) is 8.81. The Kier molecular flexibility index (Phi) is 6.00. The monoisotopic (exact) mass is 359 g/mol. The molecule has 0 aliphatic heterocycles. The normalized spacial score (nSPS) is 11.4. The molecule has 3 rings (SSSR count). The van der Waals surface area contributed by atoms with Crippen LogP contribution in [-0.2, 0) is 20.9 Å². The molecule has 0 heterocycles. The number of benzene rings is 3. The fourth-order valence-corrected chi connectivity index (χ4v) is 2.87. The predicted octanol–water partition coefficient (Wildman–Crippen LogP) is 4.52. The summed E-state index contributed by atoms with van der Waals surface area (Å²) in [6, 6.07) is 28.2. The molecular weight excluding hydrogens is 338 g/mol. The number of nitrogens with zero attached hydrogens (tertiary/aromatic N) is 1. The summed E-state index contributed by atoms with van der Waals surface area (Å²) in [5, 5.41) is 0. The van der Waals surface area contributed by atoms with Gasteiger partial charge in [0.1, 0.15) is 0 Å². The summed E-state index contributed by atoms with van der Waals surface area (Å²) in [6.45, 7) is 1.70. The summed E-state index contributed by atoms with van der Waals surface area (Å²) in [4.78, 5) is 26.7. The number of esters is 1. The first-order valence-corrected chi connectivity index (χ1v) is 8.77. The average molecular weight is 359 g/mol. The Morgan fingerprint density at radius 1 is 0.815 bits per heavy atom. The predicted molar refractivity (Wildman–Crippen MR) is 105 cm³/mol. The van der Waals surface area contributed by atoms with Crippen molar-refractivity contribution in [2.75, 3.05) is 4.90 Å². The second-order valence-electron chi connectivity index (χ2n) is 6.15. The largest absolute Gasteiger partial charge is 0.447 e. The molecule has 4 heteroatoms. The van der Waals surface area contributed by atoms with Crippen molar-refractivity contribution in [1.29, 1.82) is 0 Å². The fourth-order valence-electron chi connectivity index (χ4n) is 2.87. The van der Waals surface area contributed by atoms with Gasteiger partial charge in [-0.1, -0.05) is 78.9 Å². The Hall–Kier alpha value is -3.40. The van der Waals surface area contributed by atoms with Gasteiger partial charge in [-0.3, -0.25) is 9.59 Å². The van der Waals surface area contributed by atoms with Gasteiger partial charge >= 0.3 is 5.97 Å². The SMILES string of the molecule is CC(=O)OC(C(=O)N(Cc1ccccc1)c1ccccc1)c1ccccc1. The number of hydrogen-bond donors (Lipinski definition) is 0. The molecule has 27 heavy (non-hydrogen) atoms. The number of hydrogen-bond acceptors (Lipinski definition) is 3. The van der Waals surface area contributed by atoms with Gasteiger partial charge in [0.25, 0.3) is 5.91 Å². The maximum Gasteiger partial charge on any atom is 0.303 e. The first-order valence-electron chi connectivity index (χ1n) is 8.77. The van der Waals surface area contributed by atoms with Crippen molar-refractivity contribution in [3.8, 4) is 0 Å². The molecule has 0 saturated carbocycles. The van der Waals surface area contributed by atoms with E-state index in [4.69, 9.17) is 4.74 Å². The van der Waals surface area contributed by atoms with Crippen LogP contribution >= 0.6 is 0 Å². The van der Waals surface area contributed by atoms with Crippen LogP contribution in [0.3, 0.4) is 0 Å². The van der Waals surface area contributed by atoms with Crippen molar-refractivity contribution >= 4 is 17.6 Å². The van der Waals surface area contributed by atoms with Crippen molar-refractivity contribution < 1.29 is 14.3 Å². The Labute approximate surface area is 159 Å². The van der Waals surface area contributed by atoms with Crippen LogP contribution in [0, 0.1) is 0 Å². The molecule has 0 aromatic heterocycles. The van der Waals surface area contributed by atoms with Gasteiger partial charge < -0.3 is 9.64 Å². The Morgan fingerprint density at radius 2 is 1.33 bits per heavy atom. The molecule has 1 unspecified atom stereocenters. The Bertz CT molecular complexity index is 879. The van der Waals surface area contributed by atoms with Gasteiger partial charge in [0.05, 0.1) is 6.54 Å². The molecule has 4 nitrogen and oxygen atoms in total. The highest BCUT2D eigenvalue weighted by molar-refractivity contribution is 5.98. The third-order valence-electron chi connectivity index (χ3n) is 4.13. The molecule has 3 aromatic carbocycles. The fraction of sp³-hybridized carbons (Fsp3) is 0.130. The van der Waals surface area contributed by atoms with Gasteiger partial charge in [-0.2, -0.15) is 0 Å². The lowest BCUT2D eigenvalue weighted by molar-refractivity contribution is -0.153. The van der Waals surface area contributed by atoms with Crippen molar-refractivity contribution in [3.05, 3.63) is 102 Å². The van der Waals surface area contributed by atoms with Crippen LogP contribution in [0.4, 0.5) is 5.69 Å². The summed E-state index contributed by atoms with van der Waals surface area (Å²) in [5.41, 5.74) is 2.38. The van der Waals surface area contributed by atoms with E-state index in [0.717, 1.165) is 11.3 Å². The maximum atomic E-state index is 13.4. The van der Waals surface area contributed by atoms with Crippen LogP contribution in [0.2, 0.25) is 0 Å². The van der Waals surface area contributed by atoms with E-state index in [1.54, 1.807) is 17.0 Å². The lowest BCUT2D eigenvalue weighted by Gasteiger charge is -2.27. The summed E-state index contributed by atoms with van der Waals surface area (Å²) < 4.78 is 5.41. The number of carbonyl (C=O) groups is 2. The van der Waals surface area contributed by atoms with E-state index >= 15 is 0 Å². The smallest absolute Gasteiger partial charge is 0.303 e. The minimum Gasteiger partial charge on any atom is -0.447 e. The summed E-state index contributed by atoms with van der Waals surface area (Å²) in [6.07, 6.45) is -0.993. The third kappa shape index (κ3) is 4.82. The molecule has 136 valence electrons. The van der Waals surface area contributed by atoms with E-state index < -0.39 is 12.1 Å². The molecule has 1 atom stereocenters. The molecular formula is C23H21NO3. The van der Waals surface area contributed by atoms with E-state index in [2.05, 4.69) is 0 Å². The van der Waals surface area contributed by atoms with Crippen LogP contribution in [-0.4, -0.2) is 11.9 Å². The lowest BCUT2D eigenvalue weighted by Crippen LogP contribution is -2.36. The van der Waals surface area contributed by atoms with Gasteiger partial charge in [0, 0.05) is 18.2 Å². The Balaban J connectivity index is 1.98. The number of carbonyl (C=O) groups excluding carboxylic acids is 2. The molecule has 0 N–H and O–H groups in total. The minimum atomic E-state index is -0.993. The van der Waals surface area contributed by atoms with E-state index in [9.17, 15) is 9.59 Å². The standard InChI is InChI=1S/C23H21NO3/c1-18(25)27-22(20-13-7-3-8-14-20)23(26)24(21-15-9-4-10-16-21)17-19-11-5-2-6-12-19/h2-16,22H,17H2,1H3. The first kappa shape index (κ1) is 18.4. The molecule has 3 aromatic rings. The maximum absolute atomic E-state index is 13.4. The number of para-hydroxylation sites is 1. The van der Waals surface area contributed by atoms with Crippen LogP contribution in [0.25, 0.3) is 0 Å². The van der Waals surface area contributed by atoms with Gasteiger partial charge in [-0.15, -0.1) is 0 Å². The van der Waals surface area contributed by atoms with Crippen LogP contribution in [0.15, 0.2) is 91.0 Å². The Morgan fingerprint density at radius 3 is 1.89 bits per heavy atom. The quantitative estimate of drug-likeness (QED) is 0.608. The molecule has 0 fully saturated rings. The van der Waals surface area contributed by atoms with Crippen molar-refractivity contribution in [3.63, 3.8) is 0 Å². The topological polar surface area (TPSA) is 46.6 Å². The van der Waals surface area contributed by atoms with E-state index in [1.165, 1.54) is 6.92 Å². The van der Waals surface area contributed by atoms with Gasteiger partial charge in [-0.05, 0) is 17.7 Å². The molecule has 0 aliphatic rings. The zero-order valence-electron chi connectivity index (χ0n) is 15.1. The van der Waals surface area contributed by atoms with Crippen molar-refractivity contribution in [1.82, 2.24) is 0 Å². The number of ether oxygens (including phenoxy) is 1. The molecule has 1 amide bonds. The zero-order chi connectivity index (χ0) is 19.1. The van der Waals surface area contributed by atoms with Gasteiger partial charge in [-0.25, -0.2) is 0 Å². The molecule has 0 spiro atoms. The lowest BCUT2D eigenvalue weighted by atomic mass is 10.1. The van der Waals surface area contributed by atoms with Crippen molar-refractivity contribution in [2.24, 2.45) is 0 Å². The van der Waals surface area contributed by atoms with Crippen LogP contribution in [0.1, 0.15) is 24.2 Å². The van der Waals surface area contributed by atoms with E-state index in [0.29, 0.717) is 12.1 Å². The minimum absolute atomic E-state index is 0.286. The summed E-state index contributed by atoms with van der Waals surface area (Å²) in [7, 11) is 0. The first-order chi connectivity index (χ1) is 13.1. The summed E-state index contributed by atoms with van der Waals surface area (Å²) >= 11 is 0. The molecule has 0 saturated heterocycles. The molecule has 0 bridgehead atoms. The highest BCUT2D eigenvalue weighted by Crippen LogP contribution is 2.26. The molecule has 0 aliphatic carbocycles. The van der Waals surface area contributed by atoms with Crippen LogP contribution in [0.5, 0.6) is 0 Å². The number of rotatable bonds is 6. The number of amides is 1. The van der Waals surface area contributed by atoms with Crippen LogP contribution < -0.4 is 4.90 Å².